The molecule has 0 radical (unpaired) electrons. The number of alkyl halides is 3. The molecule has 4 rings (SSSR count). The van der Waals surface area contributed by atoms with Gasteiger partial charge in [0.15, 0.2) is 9.84 Å². The Morgan fingerprint density at radius 2 is 2.03 bits per heavy atom. The first-order valence-corrected chi connectivity index (χ1v) is 13.0. The van der Waals surface area contributed by atoms with E-state index in [2.05, 4.69) is 15.5 Å². The second-order valence-corrected chi connectivity index (χ2v) is 11.5. The Hall–Kier alpha value is -3.64. The number of methoxy groups -OCH3 is 1. The van der Waals surface area contributed by atoms with Gasteiger partial charge in [0.1, 0.15) is 12.1 Å². The Kier molecular flexibility index (Phi) is 7.15. The second-order valence-electron chi connectivity index (χ2n) is 9.34. The SMILES string of the molecule is CO[C@@H]1C[C@H](S(=O)(=O)c2ccc(-c3cnn(CC(=O)N=N)c3)cc2C(F)(F)F)C[C@H]1C(=O)NC1(C#N)CC1. The second kappa shape index (κ2) is 9.91. The van der Waals surface area contributed by atoms with Gasteiger partial charge in [-0.05, 0) is 43.4 Å². The van der Waals surface area contributed by atoms with Crippen LogP contribution in [0.15, 0.2) is 40.6 Å². The summed E-state index contributed by atoms with van der Waals surface area (Å²) in [6, 6.07) is 4.79. The van der Waals surface area contributed by atoms with E-state index in [4.69, 9.17) is 10.3 Å². The number of carbonyl (C=O) groups is 2. The molecular weight excluding hydrogens is 529 g/mol. The molecule has 0 spiro atoms. The van der Waals surface area contributed by atoms with Crippen LogP contribution < -0.4 is 5.32 Å². The molecular formula is C23H23F3N6O5S. The van der Waals surface area contributed by atoms with E-state index >= 15 is 0 Å². The molecule has 2 amide bonds. The largest absolute Gasteiger partial charge is 0.417 e. The van der Waals surface area contributed by atoms with Crippen LogP contribution in [0.1, 0.15) is 31.2 Å². The summed E-state index contributed by atoms with van der Waals surface area (Å²) < 4.78 is 75.6. The summed E-state index contributed by atoms with van der Waals surface area (Å²) in [6.45, 7) is -0.380. The summed E-state index contributed by atoms with van der Waals surface area (Å²) in [5.41, 5.74) is 4.55. The van der Waals surface area contributed by atoms with E-state index in [1.54, 1.807) is 0 Å². The lowest BCUT2D eigenvalue weighted by Gasteiger charge is -2.19. The molecule has 2 fully saturated rings. The molecule has 0 unspecified atom stereocenters. The fraction of sp³-hybridized carbons (Fsp3) is 0.478. The van der Waals surface area contributed by atoms with Crippen LogP contribution >= 0.6 is 0 Å². The molecule has 2 aliphatic carbocycles. The van der Waals surface area contributed by atoms with Crippen molar-refractivity contribution in [2.24, 2.45) is 11.0 Å². The Morgan fingerprint density at radius 3 is 2.61 bits per heavy atom. The molecule has 1 heterocycles. The number of nitrogens with zero attached hydrogens (tertiary/aromatic N) is 4. The molecule has 3 atom stereocenters. The molecule has 38 heavy (non-hydrogen) atoms. The van der Waals surface area contributed by atoms with Crippen molar-refractivity contribution in [2.45, 2.75) is 60.2 Å². The number of halogens is 3. The monoisotopic (exact) mass is 552 g/mol. The third-order valence-electron chi connectivity index (χ3n) is 6.85. The van der Waals surface area contributed by atoms with Crippen molar-refractivity contribution in [2.75, 3.05) is 7.11 Å². The highest BCUT2D eigenvalue weighted by Crippen LogP contribution is 2.43. The van der Waals surface area contributed by atoms with Gasteiger partial charge in [-0.3, -0.25) is 14.3 Å². The topological polar surface area (TPSA) is 167 Å². The van der Waals surface area contributed by atoms with Crippen molar-refractivity contribution in [1.82, 2.24) is 15.1 Å². The first-order chi connectivity index (χ1) is 17.8. The van der Waals surface area contributed by atoms with Gasteiger partial charge in [0.2, 0.25) is 5.91 Å². The van der Waals surface area contributed by atoms with Crippen molar-refractivity contribution in [3.8, 4) is 17.2 Å². The Bertz CT molecular complexity index is 1430. The number of nitriles is 1. The number of rotatable bonds is 8. The molecule has 2 N–H and O–H groups in total. The summed E-state index contributed by atoms with van der Waals surface area (Å²) in [4.78, 5) is 23.2. The number of hydrogen-bond donors (Lipinski definition) is 2. The molecule has 11 nitrogen and oxygen atoms in total. The smallest absolute Gasteiger partial charge is 0.381 e. The summed E-state index contributed by atoms with van der Waals surface area (Å²) in [5.74, 6) is -2.31. The Balaban J connectivity index is 1.63. The maximum absolute atomic E-state index is 14.1. The summed E-state index contributed by atoms with van der Waals surface area (Å²) in [7, 11) is -3.26. The normalized spacial score (nSPS) is 22.4. The van der Waals surface area contributed by atoms with Gasteiger partial charge in [-0.25, -0.2) is 13.9 Å². The molecule has 15 heteroatoms. The summed E-state index contributed by atoms with van der Waals surface area (Å²) >= 11 is 0. The molecule has 2 aromatic rings. The van der Waals surface area contributed by atoms with Gasteiger partial charge in [-0.2, -0.15) is 23.5 Å². The summed E-state index contributed by atoms with van der Waals surface area (Å²) in [5, 5.41) is 17.1. The fourth-order valence-electron chi connectivity index (χ4n) is 4.59. The van der Waals surface area contributed by atoms with Gasteiger partial charge >= 0.3 is 6.18 Å². The van der Waals surface area contributed by atoms with E-state index in [1.165, 1.54) is 25.6 Å². The number of benzene rings is 1. The molecule has 202 valence electrons. The van der Waals surface area contributed by atoms with Crippen LogP contribution in [0, 0.1) is 22.8 Å². The highest BCUT2D eigenvalue weighted by Gasteiger charge is 2.51. The van der Waals surface area contributed by atoms with Crippen molar-refractivity contribution < 1.29 is 35.9 Å². The Morgan fingerprint density at radius 1 is 1.32 bits per heavy atom. The van der Waals surface area contributed by atoms with E-state index in [-0.39, 0.29) is 30.5 Å². The van der Waals surface area contributed by atoms with E-state index in [0.29, 0.717) is 18.9 Å². The minimum absolute atomic E-state index is 0.0162. The molecule has 0 aliphatic heterocycles. The maximum atomic E-state index is 14.1. The van der Waals surface area contributed by atoms with Crippen LogP contribution in [-0.4, -0.2) is 54.0 Å². The van der Waals surface area contributed by atoms with E-state index < -0.39 is 61.1 Å². The van der Waals surface area contributed by atoms with E-state index in [9.17, 15) is 36.4 Å². The van der Waals surface area contributed by atoms with Crippen LogP contribution in [0.25, 0.3) is 11.1 Å². The van der Waals surface area contributed by atoms with Crippen LogP contribution in [0.4, 0.5) is 13.2 Å². The molecule has 1 aromatic carbocycles. The van der Waals surface area contributed by atoms with Crippen LogP contribution in [0.2, 0.25) is 0 Å². The number of hydrogen-bond acceptors (Lipinski definition) is 8. The first-order valence-electron chi connectivity index (χ1n) is 11.5. The average Bonchev–Trinajstić information content (AvgIpc) is 3.27. The first kappa shape index (κ1) is 27.4. The van der Waals surface area contributed by atoms with Crippen molar-refractivity contribution in [3.05, 3.63) is 36.2 Å². The van der Waals surface area contributed by atoms with Gasteiger partial charge in [-0.1, -0.05) is 6.07 Å². The highest BCUT2D eigenvalue weighted by molar-refractivity contribution is 7.92. The lowest BCUT2D eigenvalue weighted by molar-refractivity contribution is -0.139. The minimum Gasteiger partial charge on any atom is -0.381 e. The molecule has 1 aromatic heterocycles. The Labute approximate surface area is 215 Å². The fourth-order valence-corrected chi connectivity index (χ4v) is 6.60. The maximum Gasteiger partial charge on any atom is 0.417 e. The van der Waals surface area contributed by atoms with Gasteiger partial charge in [0.05, 0.1) is 40.0 Å². The van der Waals surface area contributed by atoms with E-state index in [0.717, 1.165) is 10.7 Å². The lowest BCUT2D eigenvalue weighted by Crippen LogP contribution is -2.42. The highest BCUT2D eigenvalue weighted by atomic mass is 32.2. The quantitative estimate of drug-likeness (QED) is 0.475. The number of sulfone groups is 1. The number of amides is 2. The number of aromatic nitrogens is 2. The number of nitrogens with one attached hydrogen (secondary N) is 2. The molecule has 0 saturated heterocycles. The zero-order valence-electron chi connectivity index (χ0n) is 20.0. The zero-order valence-corrected chi connectivity index (χ0v) is 20.8. The predicted octanol–water partition coefficient (Wildman–Crippen LogP) is 2.87. The van der Waals surface area contributed by atoms with Crippen molar-refractivity contribution in [1.29, 1.82) is 10.8 Å². The molecule has 2 aliphatic rings. The average molecular weight is 553 g/mol. The van der Waals surface area contributed by atoms with Gasteiger partial charge < -0.3 is 10.1 Å². The minimum atomic E-state index is -5.02. The predicted molar refractivity (Wildman–Crippen MR) is 123 cm³/mol. The number of ether oxygens (including phenoxy) is 1. The van der Waals surface area contributed by atoms with Gasteiger partial charge in [0.25, 0.3) is 5.91 Å². The zero-order chi connectivity index (χ0) is 27.9. The van der Waals surface area contributed by atoms with E-state index in [1.807, 2.05) is 6.07 Å². The van der Waals surface area contributed by atoms with Crippen LogP contribution in [-0.2, 0) is 36.9 Å². The van der Waals surface area contributed by atoms with Gasteiger partial charge in [0, 0.05) is 18.9 Å². The van der Waals surface area contributed by atoms with Crippen LogP contribution in [0.5, 0.6) is 0 Å². The lowest BCUT2D eigenvalue weighted by atomic mass is 10.0. The van der Waals surface area contributed by atoms with Crippen molar-refractivity contribution >= 4 is 21.7 Å². The third kappa shape index (κ3) is 5.32. The standard InChI is InChI=1S/C23H23F3N6O5S/c1-37-18-8-15(7-16(18)21(34)30-22(12-27)4-5-22)38(35,36)19-3-2-13(6-17(19)23(24,25)26)14-9-29-32(10-14)11-20(33)31-28/h2-3,6,9-10,15-16,18,28H,4-5,7-8,11H2,1H3,(H,30,34)/t15-,16-,18-/m1/s1. The summed E-state index contributed by atoms with van der Waals surface area (Å²) in [6.07, 6.45) is -2.87. The third-order valence-corrected chi connectivity index (χ3v) is 9.08. The number of carbonyl (C=O) groups excluding carboxylic acids is 2. The van der Waals surface area contributed by atoms with Crippen LogP contribution in [0.3, 0.4) is 0 Å². The van der Waals surface area contributed by atoms with Gasteiger partial charge in [-0.15, -0.1) is 5.11 Å². The van der Waals surface area contributed by atoms with Crippen molar-refractivity contribution in [3.63, 3.8) is 0 Å². The molecule has 0 bridgehead atoms. The molecule has 2 saturated carbocycles.